The first-order valence-electron chi connectivity index (χ1n) is 7.74. The number of rotatable bonds is 4. The van der Waals surface area contributed by atoms with Gasteiger partial charge in [0.15, 0.2) is 5.78 Å². The number of pyridine rings is 1. The Morgan fingerprint density at radius 3 is 2.65 bits per heavy atom. The van der Waals surface area contributed by atoms with Crippen LogP contribution in [0.3, 0.4) is 0 Å². The van der Waals surface area contributed by atoms with Gasteiger partial charge >= 0.3 is 0 Å². The summed E-state index contributed by atoms with van der Waals surface area (Å²) in [6, 6.07) is 14.0. The van der Waals surface area contributed by atoms with Gasteiger partial charge in [-0.3, -0.25) is 4.79 Å². The van der Waals surface area contributed by atoms with Gasteiger partial charge in [-0.2, -0.15) is 0 Å². The zero-order valence-corrected chi connectivity index (χ0v) is 13.6. The standard InChI is InChI=1S/C20H20N2O/c1-13(2)10-18(16-7-4-6-15(11-16)14(3)23)19-12-17-8-5-9-21-20(17)22-19/h4-12,18H,1-3H3,(H,21,22). The van der Waals surface area contributed by atoms with Crippen LogP contribution in [0, 0.1) is 0 Å². The molecule has 0 saturated carbocycles. The number of carbonyl (C=O) groups is 1. The van der Waals surface area contributed by atoms with Crippen LogP contribution in [0.15, 0.2) is 60.3 Å². The fraction of sp³-hybridized carbons (Fsp3) is 0.200. The van der Waals surface area contributed by atoms with Crippen molar-refractivity contribution < 1.29 is 4.79 Å². The molecule has 0 fully saturated rings. The molecule has 0 aliphatic carbocycles. The number of aromatic nitrogens is 2. The van der Waals surface area contributed by atoms with E-state index in [1.54, 1.807) is 13.1 Å². The minimum atomic E-state index is 0.0773. The molecule has 1 N–H and O–H groups in total. The SMILES string of the molecule is CC(=O)c1cccc(C(C=C(C)C)c2cc3cccnc3[nH]2)c1. The van der Waals surface area contributed by atoms with Crippen molar-refractivity contribution in [1.29, 1.82) is 0 Å². The first-order chi connectivity index (χ1) is 11.0. The second-order valence-corrected chi connectivity index (χ2v) is 6.07. The van der Waals surface area contributed by atoms with E-state index < -0.39 is 0 Å². The topological polar surface area (TPSA) is 45.8 Å². The van der Waals surface area contributed by atoms with Crippen molar-refractivity contribution in [2.24, 2.45) is 0 Å². The van der Waals surface area contributed by atoms with Crippen molar-refractivity contribution in [3.05, 3.63) is 77.1 Å². The number of hydrogen-bond acceptors (Lipinski definition) is 2. The predicted molar refractivity (Wildman–Crippen MR) is 93.8 cm³/mol. The third kappa shape index (κ3) is 3.24. The highest BCUT2D eigenvalue weighted by molar-refractivity contribution is 5.94. The predicted octanol–water partition coefficient (Wildman–Crippen LogP) is 4.86. The summed E-state index contributed by atoms with van der Waals surface area (Å²) in [5.41, 5.74) is 5.04. The van der Waals surface area contributed by atoms with Gasteiger partial charge in [0, 0.05) is 28.8 Å². The molecule has 23 heavy (non-hydrogen) atoms. The van der Waals surface area contributed by atoms with Gasteiger partial charge in [-0.05, 0) is 50.6 Å². The van der Waals surface area contributed by atoms with Crippen LogP contribution >= 0.6 is 0 Å². The van der Waals surface area contributed by atoms with Gasteiger partial charge in [-0.15, -0.1) is 0 Å². The molecule has 1 unspecified atom stereocenters. The van der Waals surface area contributed by atoms with E-state index in [9.17, 15) is 4.79 Å². The molecule has 0 amide bonds. The van der Waals surface area contributed by atoms with Gasteiger partial charge in [-0.1, -0.05) is 29.8 Å². The highest BCUT2D eigenvalue weighted by Crippen LogP contribution is 2.29. The lowest BCUT2D eigenvalue weighted by atomic mass is 9.92. The van der Waals surface area contributed by atoms with Crippen LogP contribution in [0.4, 0.5) is 0 Å². The number of H-pyrrole nitrogens is 1. The molecule has 0 radical (unpaired) electrons. The van der Waals surface area contributed by atoms with E-state index >= 15 is 0 Å². The molecule has 3 rings (SSSR count). The van der Waals surface area contributed by atoms with Gasteiger partial charge in [0.25, 0.3) is 0 Å². The number of fused-ring (bicyclic) bond motifs is 1. The van der Waals surface area contributed by atoms with Crippen LogP contribution in [0.25, 0.3) is 11.0 Å². The van der Waals surface area contributed by atoms with Crippen molar-refractivity contribution in [2.75, 3.05) is 0 Å². The maximum atomic E-state index is 11.7. The van der Waals surface area contributed by atoms with Crippen molar-refractivity contribution in [3.63, 3.8) is 0 Å². The zero-order chi connectivity index (χ0) is 16.4. The Bertz CT molecular complexity index is 852. The van der Waals surface area contributed by atoms with Crippen LogP contribution in [-0.4, -0.2) is 15.8 Å². The number of hydrogen-bond donors (Lipinski definition) is 1. The lowest BCUT2D eigenvalue weighted by Gasteiger charge is -2.14. The summed E-state index contributed by atoms with van der Waals surface area (Å²) in [4.78, 5) is 19.5. The number of nitrogens with one attached hydrogen (secondary N) is 1. The number of benzene rings is 1. The number of aromatic amines is 1. The van der Waals surface area contributed by atoms with E-state index in [4.69, 9.17) is 0 Å². The van der Waals surface area contributed by atoms with E-state index in [-0.39, 0.29) is 11.7 Å². The maximum Gasteiger partial charge on any atom is 0.159 e. The Balaban J connectivity index is 2.13. The van der Waals surface area contributed by atoms with Gasteiger partial charge in [-0.25, -0.2) is 4.98 Å². The van der Waals surface area contributed by atoms with Crippen molar-refractivity contribution in [1.82, 2.24) is 9.97 Å². The molecular formula is C20H20N2O. The van der Waals surface area contributed by atoms with Crippen molar-refractivity contribution in [2.45, 2.75) is 26.7 Å². The van der Waals surface area contributed by atoms with Crippen molar-refractivity contribution in [3.8, 4) is 0 Å². The lowest BCUT2D eigenvalue weighted by Crippen LogP contribution is -2.01. The summed E-state index contributed by atoms with van der Waals surface area (Å²) in [7, 11) is 0. The number of allylic oxidation sites excluding steroid dienone is 2. The average Bonchev–Trinajstić information content (AvgIpc) is 2.96. The molecule has 0 spiro atoms. The maximum absolute atomic E-state index is 11.7. The minimum absolute atomic E-state index is 0.0773. The smallest absolute Gasteiger partial charge is 0.159 e. The Morgan fingerprint density at radius 2 is 1.96 bits per heavy atom. The Hall–Kier alpha value is -2.68. The minimum Gasteiger partial charge on any atom is -0.342 e. The summed E-state index contributed by atoms with van der Waals surface area (Å²) < 4.78 is 0. The molecule has 0 bridgehead atoms. The fourth-order valence-corrected chi connectivity index (χ4v) is 2.80. The first kappa shape index (κ1) is 15.2. The zero-order valence-electron chi connectivity index (χ0n) is 13.6. The van der Waals surface area contributed by atoms with Crippen LogP contribution in [-0.2, 0) is 0 Å². The summed E-state index contributed by atoms with van der Waals surface area (Å²) in [5.74, 6) is 0.162. The molecule has 116 valence electrons. The highest BCUT2D eigenvalue weighted by Gasteiger charge is 2.15. The lowest BCUT2D eigenvalue weighted by molar-refractivity contribution is 0.101. The summed E-state index contributed by atoms with van der Waals surface area (Å²) >= 11 is 0. The van der Waals surface area contributed by atoms with Crippen LogP contribution in [0.1, 0.15) is 48.3 Å². The normalized spacial score (nSPS) is 12.1. The largest absolute Gasteiger partial charge is 0.342 e. The van der Waals surface area contributed by atoms with E-state index in [1.165, 1.54) is 5.57 Å². The molecule has 0 aliphatic heterocycles. The quantitative estimate of drug-likeness (QED) is 0.552. The third-order valence-corrected chi connectivity index (χ3v) is 3.90. The first-order valence-corrected chi connectivity index (χ1v) is 7.74. The molecule has 1 aromatic carbocycles. The van der Waals surface area contributed by atoms with E-state index in [0.29, 0.717) is 0 Å². The average molecular weight is 304 g/mol. The fourth-order valence-electron chi connectivity index (χ4n) is 2.80. The monoisotopic (exact) mass is 304 g/mol. The molecule has 0 aliphatic rings. The summed E-state index contributed by atoms with van der Waals surface area (Å²) in [6.07, 6.45) is 4.00. The molecule has 2 heterocycles. The summed E-state index contributed by atoms with van der Waals surface area (Å²) in [6.45, 7) is 5.77. The number of Topliss-reactive ketones (excluding diaryl/α,β-unsaturated/α-hetero) is 1. The van der Waals surface area contributed by atoms with Gasteiger partial charge in [0.1, 0.15) is 5.65 Å². The Labute approximate surface area is 136 Å². The summed E-state index contributed by atoms with van der Waals surface area (Å²) in [5, 5.41) is 1.09. The van der Waals surface area contributed by atoms with Gasteiger partial charge < -0.3 is 4.98 Å². The Kier molecular flexibility index (Phi) is 4.11. The number of ketones is 1. The van der Waals surface area contributed by atoms with Crippen LogP contribution < -0.4 is 0 Å². The van der Waals surface area contributed by atoms with E-state index in [2.05, 4.69) is 42.0 Å². The van der Waals surface area contributed by atoms with Crippen LogP contribution in [0.2, 0.25) is 0 Å². The molecule has 0 saturated heterocycles. The van der Waals surface area contributed by atoms with Gasteiger partial charge in [0.05, 0.1) is 0 Å². The molecule has 3 nitrogen and oxygen atoms in total. The Morgan fingerprint density at radius 1 is 1.13 bits per heavy atom. The number of nitrogens with zero attached hydrogens (tertiary/aromatic N) is 1. The van der Waals surface area contributed by atoms with E-state index in [0.717, 1.165) is 27.9 Å². The molecule has 3 heteroatoms. The van der Waals surface area contributed by atoms with E-state index in [1.807, 2.05) is 30.3 Å². The van der Waals surface area contributed by atoms with Crippen LogP contribution in [0.5, 0.6) is 0 Å². The molecule has 1 atom stereocenters. The highest BCUT2D eigenvalue weighted by atomic mass is 16.1. The molecule has 2 aromatic heterocycles. The third-order valence-electron chi connectivity index (χ3n) is 3.90. The van der Waals surface area contributed by atoms with Gasteiger partial charge in [0.2, 0.25) is 0 Å². The number of carbonyl (C=O) groups excluding carboxylic acids is 1. The molecular weight excluding hydrogens is 284 g/mol. The van der Waals surface area contributed by atoms with Crippen molar-refractivity contribution >= 4 is 16.8 Å². The second kappa shape index (κ2) is 6.21. The second-order valence-electron chi connectivity index (χ2n) is 6.07. The molecule has 3 aromatic rings.